The molecule has 1 aromatic heterocycles. The van der Waals surface area contributed by atoms with Gasteiger partial charge in [0.2, 0.25) is 0 Å². The number of thiazole rings is 1. The SMILES string of the molecule is Nc1c(OCC2CCCCC2)ccc2scnc12. The van der Waals surface area contributed by atoms with Gasteiger partial charge in [-0.25, -0.2) is 4.98 Å². The second kappa shape index (κ2) is 5.14. The Labute approximate surface area is 111 Å². The summed E-state index contributed by atoms with van der Waals surface area (Å²) >= 11 is 1.61. The lowest BCUT2D eigenvalue weighted by atomic mass is 9.90. The van der Waals surface area contributed by atoms with Crippen LogP contribution in [0.25, 0.3) is 10.2 Å². The van der Waals surface area contributed by atoms with Crippen LogP contribution in [0.4, 0.5) is 5.69 Å². The van der Waals surface area contributed by atoms with Crippen LogP contribution in [-0.2, 0) is 0 Å². The zero-order valence-electron chi connectivity index (χ0n) is 10.4. The Bertz CT molecular complexity index is 532. The van der Waals surface area contributed by atoms with Crippen molar-refractivity contribution in [2.24, 2.45) is 5.92 Å². The molecule has 0 bridgehead atoms. The van der Waals surface area contributed by atoms with E-state index >= 15 is 0 Å². The lowest BCUT2D eigenvalue weighted by Gasteiger charge is -2.22. The van der Waals surface area contributed by atoms with Gasteiger partial charge in [-0.05, 0) is 30.9 Å². The van der Waals surface area contributed by atoms with E-state index in [0.29, 0.717) is 11.6 Å². The zero-order chi connectivity index (χ0) is 12.4. The van der Waals surface area contributed by atoms with Crippen LogP contribution in [0.15, 0.2) is 17.6 Å². The summed E-state index contributed by atoms with van der Waals surface area (Å²) in [5.74, 6) is 1.49. The molecule has 0 radical (unpaired) electrons. The van der Waals surface area contributed by atoms with Gasteiger partial charge in [0, 0.05) is 0 Å². The van der Waals surface area contributed by atoms with Crippen LogP contribution in [0.1, 0.15) is 32.1 Å². The molecule has 1 fully saturated rings. The van der Waals surface area contributed by atoms with Crippen LogP contribution in [0.3, 0.4) is 0 Å². The fourth-order valence-corrected chi connectivity index (χ4v) is 3.31. The van der Waals surface area contributed by atoms with Crippen molar-refractivity contribution in [2.75, 3.05) is 12.3 Å². The molecule has 2 aromatic rings. The third-order valence-electron chi connectivity index (χ3n) is 3.70. The number of fused-ring (bicyclic) bond motifs is 1. The second-order valence-electron chi connectivity index (χ2n) is 4.99. The van der Waals surface area contributed by atoms with Crippen LogP contribution in [0, 0.1) is 5.92 Å². The van der Waals surface area contributed by atoms with E-state index in [1.54, 1.807) is 11.3 Å². The number of hydrogen-bond acceptors (Lipinski definition) is 4. The van der Waals surface area contributed by atoms with E-state index in [1.807, 2.05) is 17.6 Å². The van der Waals surface area contributed by atoms with E-state index in [9.17, 15) is 0 Å². The van der Waals surface area contributed by atoms with Crippen molar-refractivity contribution < 1.29 is 4.74 Å². The Morgan fingerprint density at radius 3 is 2.94 bits per heavy atom. The number of aromatic nitrogens is 1. The van der Waals surface area contributed by atoms with Crippen molar-refractivity contribution in [3.8, 4) is 5.75 Å². The Hall–Kier alpha value is -1.29. The van der Waals surface area contributed by atoms with Crippen molar-refractivity contribution in [3.05, 3.63) is 17.6 Å². The van der Waals surface area contributed by atoms with Gasteiger partial charge in [-0.3, -0.25) is 0 Å². The molecule has 1 aliphatic carbocycles. The molecular formula is C14H18N2OS. The summed E-state index contributed by atoms with van der Waals surface area (Å²) in [4.78, 5) is 4.29. The number of nitrogens with zero attached hydrogens (tertiary/aromatic N) is 1. The first-order valence-corrected chi connectivity index (χ1v) is 7.47. The smallest absolute Gasteiger partial charge is 0.144 e. The normalized spacial score (nSPS) is 17.1. The van der Waals surface area contributed by atoms with E-state index in [1.165, 1.54) is 32.1 Å². The van der Waals surface area contributed by atoms with Crippen LogP contribution in [0.2, 0.25) is 0 Å². The zero-order valence-corrected chi connectivity index (χ0v) is 11.2. The molecule has 1 saturated carbocycles. The molecule has 0 amide bonds. The maximum Gasteiger partial charge on any atom is 0.144 e. The highest BCUT2D eigenvalue weighted by atomic mass is 32.1. The Morgan fingerprint density at radius 1 is 1.28 bits per heavy atom. The molecule has 1 aromatic carbocycles. The Balaban J connectivity index is 1.71. The van der Waals surface area contributed by atoms with Gasteiger partial charge in [0.1, 0.15) is 17.0 Å². The van der Waals surface area contributed by atoms with Crippen LogP contribution >= 0.6 is 11.3 Å². The molecular weight excluding hydrogens is 244 g/mol. The molecule has 2 N–H and O–H groups in total. The third-order valence-corrected chi connectivity index (χ3v) is 4.49. The van der Waals surface area contributed by atoms with E-state index in [4.69, 9.17) is 10.5 Å². The number of benzene rings is 1. The molecule has 0 atom stereocenters. The number of nitrogens with two attached hydrogens (primary N) is 1. The average Bonchev–Trinajstić information content (AvgIpc) is 2.88. The lowest BCUT2D eigenvalue weighted by Crippen LogP contribution is -2.15. The Morgan fingerprint density at radius 2 is 2.11 bits per heavy atom. The third kappa shape index (κ3) is 2.29. The van der Waals surface area contributed by atoms with Gasteiger partial charge in [0.25, 0.3) is 0 Å². The molecule has 0 aliphatic heterocycles. The van der Waals surface area contributed by atoms with Crippen molar-refractivity contribution in [2.45, 2.75) is 32.1 Å². The summed E-state index contributed by atoms with van der Waals surface area (Å²) in [5.41, 5.74) is 9.48. The van der Waals surface area contributed by atoms with E-state index in [0.717, 1.165) is 22.6 Å². The highest BCUT2D eigenvalue weighted by Crippen LogP contribution is 2.32. The fraction of sp³-hybridized carbons (Fsp3) is 0.500. The maximum absolute atomic E-state index is 6.10. The average molecular weight is 262 g/mol. The van der Waals surface area contributed by atoms with Crippen LogP contribution in [-0.4, -0.2) is 11.6 Å². The topological polar surface area (TPSA) is 48.1 Å². The maximum atomic E-state index is 6.10. The first-order chi connectivity index (χ1) is 8.84. The number of ether oxygens (including phenoxy) is 1. The van der Waals surface area contributed by atoms with E-state index in [2.05, 4.69) is 4.98 Å². The summed E-state index contributed by atoms with van der Waals surface area (Å²) in [5, 5.41) is 0. The summed E-state index contributed by atoms with van der Waals surface area (Å²) in [6.45, 7) is 0.792. The van der Waals surface area contributed by atoms with Gasteiger partial charge in [-0.2, -0.15) is 0 Å². The molecule has 3 rings (SSSR count). The van der Waals surface area contributed by atoms with Gasteiger partial charge >= 0.3 is 0 Å². The highest BCUT2D eigenvalue weighted by molar-refractivity contribution is 7.16. The number of hydrogen-bond donors (Lipinski definition) is 1. The first-order valence-electron chi connectivity index (χ1n) is 6.59. The van der Waals surface area contributed by atoms with E-state index in [-0.39, 0.29) is 0 Å². The molecule has 0 unspecified atom stereocenters. The first kappa shape index (κ1) is 11.8. The highest BCUT2D eigenvalue weighted by Gasteiger charge is 2.15. The predicted molar refractivity (Wildman–Crippen MR) is 76.1 cm³/mol. The molecule has 96 valence electrons. The summed E-state index contributed by atoms with van der Waals surface area (Å²) in [6, 6.07) is 4.01. The minimum absolute atomic E-state index is 0.685. The van der Waals surface area contributed by atoms with Crippen molar-refractivity contribution in [3.63, 3.8) is 0 Å². The van der Waals surface area contributed by atoms with Crippen molar-refractivity contribution >= 4 is 27.2 Å². The lowest BCUT2D eigenvalue weighted by molar-refractivity contribution is 0.210. The summed E-state index contributed by atoms with van der Waals surface area (Å²) < 4.78 is 7.02. The standard InChI is InChI=1S/C14H18N2OS/c15-13-11(6-7-12-14(13)16-9-18-12)17-8-10-4-2-1-3-5-10/h6-7,9-10H,1-5,8,15H2. The van der Waals surface area contributed by atoms with Gasteiger partial charge in [0.05, 0.1) is 16.8 Å². The molecule has 3 nitrogen and oxygen atoms in total. The second-order valence-corrected chi connectivity index (χ2v) is 5.88. The largest absolute Gasteiger partial charge is 0.491 e. The minimum Gasteiger partial charge on any atom is -0.491 e. The molecule has 0 saturated heterocycles. The number of rotatable bonds is 3. The monoisotopic (exact) mass is 262 g/mol. The van der Waals surface area contributed by atoms with Crippen molar-refractivity contribution in [1.29, 1.82) is 0 Å². The molecule has 0 spiro atoms. The number of anilines is 1. The summed E-state index contributed by atoms with van der Waals surface area (Å²) in [7, 11) is 0. The van der Waals surface area contributed by atoms with E-state index < -0.39 is 0 Å². The van der Waals surface area contributed by atoms with Crippen molar-refractivity contribution in [1.82, 2.24) is 4.98 Å². The van der Waals surface area contributed by atoms with Gasteiger partial charge in [-0.15, -0.1) is 11.3 Å². The Kier molecular flexibility index (Phi) is 3.37. The van der Waals surface area contributed by atoms with Gasteiger partial charge in [-0.1, -0.05) is 19.3 Å². The molecule has 1 heterocycles. The van der Waals surface area contributed by atoms with Gasteiger partial charge < -0.3 is 10.5 Å². The number of nitrogen functional groups attached to an aromatic ring is 1. The predicted octanol–water partition coefficient (Wildman–Crippen LogP) is 3.84. The quantitative estimate of drug-likeness (QED) is 0.855. The molecule has 18 heavy (non-hydrogen) atoms. The fourth-order valence-electron chi connectivity index (χ4n) is 2.62. The molecule has 4 heteroatoms. The van der Waals surface area contributed by atoms with Crippen LogP contribution in [0.5, 0.6) is 5.75 Å². The van der Waals surface area contributed by atoms with Crippen LogP contribution < -0.4 is 10.5 Å². The minimum atomic E-state index is 0.685. The summed E-state index contributed by atoms with van der Waals surface area (Å²) in [6.07, 6.45) is 6.64. The molecule has 1 aliphatic rings. The van der Waals surface area contributed by atoms with Gasteiger partial charge in [0.15, 0.2) is 0 Å².